The molecule has 126 valence electrons. The fourth-order valence-electron chi connectivity index (χ4n) is 3.45. The maximum Gasteiger partial charge on any atom is 0.241 e. The summed E-state index contributed by atoms with van der Waals surface area (Å²) >= 11 is 0. The molecule has 2 amide bonds. The molecule has 0 aromatic heterocycles. The number of rotatable bonds is 6. The molecular formula is C16H29N3O3. The van der Waals surface area contributed by atoms with E-state index in [4.69, 9.17) is 10.5 Å². The van der Waals surface area contributed by atoms with Gasteiger partial charge in [0, 0.05) is 44.0 Å². The van der Waals surface area contributed by atoms with E-state index in [1.807, 2.05) is 32.6 Å². The summed E-state index contributed by atoms with van der Waals surface area (Å²) in [5.74, 6) is 0.0246. The van der Waals surface area contributed by atoms with Crippen molar-refractivity contribution in [3.63, 3.8) is 0 Å². The van der Waals surface area contributed by atoms with E-state index in [0.717, 1.165) is 13.0 Å². The molecule has 2 rings (SSSR count). The van der Waals surface area contributed by atoms with E-state index in [1.165, 1.54) is 0 Å². The summed E-state index contributed by atoms with van der Waals surface area (Å²) in [6, 6.07) is -0.100. The Bertz CT molecular complexity index is 452. The fourth-order valence-corrected chi connectivity index (χ4v) is 3.45. The van der Waals surface area contributed by atoms with E-state index < -0.39 is 11.0 Å². The number of nitrogens with two attached hydrogens (primary N) is 1. The van der Waals surface area contributed by atoms with Crippen molar-refractivity contribution in [1.29, 1.82) is 0 Å². The third-order valence-electron chi connectivity index (χ3n) is 5.28. The predicted octanol–water partition coefficient (Wildman–Crippen LogP) is 0.646. The molecule has 3 atom stereocenters. The van der Waals surface area contributed by atoms with Crippen molar-refractivity contribution in [3.05, 3.63) is 0 Å². The molecule has 1 heterocycles. The van der Waals surface area contributed by atoms with Crippen LogP contribution >= 0.6 is 0 Å². The quantitative estimate of drug-likeness (QED) is 0.754. The Morgan fingerprint density at radius 2 is 2.23 bits per heavy atom. The minimum atomic E-state index is -0.907. The zero-order valence-corrected chi connectivity index (χ0v) is 14.1. The number of nitrogens with one attached hydrogen (secondary N) is 1. The Morgan fingerprint density at radius 1 is 1.55 bits per heavy atom. The summed E-state index contributed by atoms with van der Waals surface area (Å²) in [5.41, 5.74) is 5.06. The SMILES string of the molecule is CCOC1CC(N)(C(=O)NC(C)CN2CCCC2=O)C1(C)C. The lowest BCUT2D eigenvalue weighted by Crippen LogP contribution is -2.76. The summed E-state index contributed by atoms with van der Waals surface area (Å²) in [6.45, 7) is 9.77. The largest absolute Gasteiger partial charge is 0.378 e. The third kappa shape index (κ3) is 2.86. The second kappa shape index (κ2) is 6.16. The van der Waals surface area contributed by atoms with Crippen LogP contribution in [-0.2, 0) is 14.3 Å². The van der Waals surface area contributed by atoms with Gasteiger partial charge in [0.25, 0.3) is 0 Å². The van der Waals surface area contributed by atoms with Crippen LogP contribution in [0.25, 0.3) is 0 Å². The van der Waals surface area contributed by atoms with Gasteiger partial charge >= 0.3 is 0 Å². The van der Waals surface area contributed by atoms with Crippen molar-refractivity contribution in [2.45, 2.75) is 64.6 Å². The molecule has 22 heavy (non-hydrogen) atoms. The summed E-state index contributed by atoms with van der Waals surface area (Å²) < 4.78 is 5.65. The standard InChI is InChI=1S/C16H29N3O3/c1-5-22-12-9-16(17,15(12,3)4)14(21)18-11(2)10-19-8-6-7-13(19)20/h11-12H,5-10,17H2,1-4H3,(H,18,21). The van der Waals surface area contributed by atoms with Gasteiger partial charge in [0.1, 0.15) is 5.54 Å². The molecule has 1 aliphatic heterocycles. The van der Waals surface area contributed by atoms with Crippen molar-refractivity contribution >= 4 is 11.8 Å². The molecule has 1 saturated carbocycles. The Balaban J connectivity index is 1.90. The van der Waals surface area contributed by atoms with Gasteiger partial charge in [0.15, 0.2) is 0 Å². The molecule has 1 saturated heterocycles. The van der Waals surface area contributed by atoms with Gasteiger partial charge in [-0.3, -0.25) is 9.59 Å². The minimum Gasteiger partial charge on any atom is -0.378 e. The minimum absolute atomic E-state index is 0.0173. The topological polar surface area (TPSA) is 84.7 Å². The third-order valence-corrected chi connectivity index (χ3v) is 5.28. The van der Waals surface area contributed by atoms with Gasteiger partial charge in [-0.25, -0.2) is 0 Å². The molecule has 0 aromatic rings. The second-order valence-corrected chi connectivity index (χ2v) is 7.16. The smallest absolute Gasteiger partial charge is 0.241 e. The first-order valence-corrected chi connectivity index (χ1v) is 8.21. The van der Waals surface area contributed by atoms with Gasteiger partial charge in [0.2, 0.25) is 11.8 Å². The number of hydrogen-bond acceptors (Lipinski definition) is 4. The van der Waals surface area contributed by atoms with Crippen molar-refractivity contribution in [2.75, 3.05) is 19.7 Å². The highest BCUT2D eigenvalue weighted by Crippen LogP contribution is 2.49. The molecule has 0 spiro atoms. The second-order valence-electron chi connectivity index (χ2n) is 7.16. The maximum atomic E-state index is 12.6. The normalized spacial score (nSPS) is 31.8. The fraction of sp³-hybridized carbons (Fsp3) is 0.875. The Kier molecular flexibility index (Phi) is 4.82. The predicted molar refractivity (Wildman–Crippen MR) is 84.1 cm³/mol. The Morgan fingerprint density at radius 3 is 2.73 bits per heavy atom. The number of nitrogens with zero attached hydrogens (tertiary/aromatic N) is 1. The number of likely N-dealkylation sites (tertiary alicyclic amines) is 1. The van der Waals surface area contributed by atoms with Crippen LogP contribution in [0.5, 0.6) is 0 Å². The van der Waals surface area contributed by atoms with Crippen LogP contribution in [0.3, 0.4) is 0 Å². The highest BCUT2D eigenvalue weighted by atomic mass is 16.5. The van der Waals surface area contributed by atoms with Crippen LogP contribution < -0.4 is 11.1 Å². The van der Waals surface area contributed by atoms with E-state index in [9.17, 15) is 9.59 Å². The van der Waals surface area contributed by atoms with E-state index in [0.29, 0.717) is 26.0 Å². The summed E-state index contributed by atoms with van der Waals surface area (Å²) in [5, 5.41) is 2.97. The molecule has 0 radical (unpaired) electrons. The van der Waals surface area contributed by atoms with Crippen LogP contribution in [0.1, 0.15) is 47.0 Å². The summed E-state index contributed by atoms with van der Waals surface area (Å²) in [4.78, 5) is 26.0. The molecular weight excluding hydrogens is 282 g/mol. The monoisotopic (exact) mass is 311 g/mol. The van der Waals surface area contributed by atoms with Gasteiger partial charge in [0.05, 0.1) is 6.10 Å². The highest BCUT2D eigenvalue weighted by Gasteiger charge is 2.62. The lowest BCUT2D eigenvalue weighted by molar-refractivity contribution is -0.171. The van der Waals surface area contributed by atoms with Crippen LogP contribution in [0, 0.1) is 5.41 Å². The number of carbonyl (C=O) groups is 2. The Labute approximate surface area is 132 Å². The average Bonchev–Trinajstić information content (AvgIpc) is 2.83. The van der Waals surface area contributed by atoms with Crippen molar-refractivity contribution < 1.29 is 14.3 Å². The van der Waals surface area contributed by atoms with E-state index >= 15 is 0 Å². The number of ether oxygens (including phenoxy) is 1. The van der Waals surface area contributed by atoms with Crippen LogP contribution in [0.4, 0.5) is 0 Å². The number of amides is 2. The lowest BCUT2D eigenvalue weighted by atomic mass is 9.54. The van der Waals surface area contributed by atoms with E-state index in [1.54, 1.807) is 0 Å². The first-order chi connectivity index (χ1) is 10.2. The molecule has 1 aliphatic carbocycles. The molecule has 2 aliphatic rings. The molecule has 3 N–H and O–H groups in total. The summed E-state index contributed by atoms with van der Waals surface area (Å²) in [7, 11) is 0. The van der Waals surface area contributed by atoms with Gasteiger partial charge in [-0.15, -0.1) is 0 Å². The average molecular weight is 311 g/mol. The van der Waals surface area contributed by atoms with Crippen molar-refractivity contribution in [3.8, 4) is 0 Å². The molecule has 0 aromatic carbocycles. The van der Waals surface area contributed by atoms with E-state index in [-0.39, 0.29) is 24.0 Å². The number of carbonyl (C=O) groups excluding carboxylic acids is 2. The van der Waals surface area contributed by atoms with Gasteiger partial charge in [-0.1, -0.05) is 13.8 Å². The van der Waals surface area contributed by atoms with Crippen molar-refractivity contribution in [2.24, 2.45) is 11.1 Å². The molecule has 2 fully saturated rings. The molecule has 3 unspecified atom stereocenters. The molecule has 0 bridgehead atoms. The zero-order chi connectivity index (χ0) is 16.5. The zero-order valence-electron chi connectivity index (χ0n) is 14.1. The van der Waals surface area contributed by atoms with Gasteiger partial charge in [-0.2, -0.15) is 0 Å². The first kappa shape index (κ1) is 17.2. The number of hydrogen-bond donors (Lipinski definition) is 2. The molecule has 6 heteroatoms. The van der Waals surface area contributed by atoms with Gasteiger partial charge < -0.3 is 20.7 Å². The maximum absolute atomic E-state index is 12.6. The van der Waals surface area contributed by atoms with Crippen LogP contribution in [0.15, 0.2) is 0 Å². The Hall–Kier alpha value is -1.14. The van der Waals surface area contributed by atoms with Crippen molar-refractivity contribution in [1.82, 2.24) is 10.2 Å². The summed E-state index contributed by atoms with van der Waals surface area (Å²) in [6.07, 6.45) is 2.08. The van der Waals surface area contributed by atoms with E-state index in [2.05, 4.69) is 5.32 Å². The first-order valence-electron chi connectivity index (χ1n) is 8.21. The van der Waals surface area contributed by atoms with Crippen LogP contribution in [-0.4, -0.2) is 54.1 Å². The van der Waals surface area contributed by atoms with Gasteiger partial charge in [-0.05, 0) is 20.3 Å². The lowest BCUT2D eigenvalue weighted by Gasteiger charge is -2.57. The van der Waals surface area contributed by atoms with Crippen LogP contribution in [0.2, 0.25) is 0 Å². The molecule has 6 nitrogen and oxygen atoms in total. The highest BCUT2D eigenvalue weighted by molar-refractivity contribution is 5.89.